The molecule has 2 aliphatic heterocycles. The van der Waals surface area contributed by atoms with Gasteiger partial charge < -0.3 is 10.2 Å². The zero-order chi connectivity index (χ0) is 15.8. The van der Waals surface area contributed by atoms with E-state index >= 15 is 0 Å². The summed E-state index contributed by atoms with van der Waals surface area (Å²) in [5, 5.41) is 3.28. The molecule has 0 radical (unpaired) electrons. The van der Waals surface area contributed by atoms with Crippen molar-refractivity contribution in [3.05, 3.63) is 29.8 Å². The van der Waals surface area contributed by atoms with Crippen LogP contribution in [0.15, 0.2) is 24.3 Å². The van der Waals surface area contributed by atoms with Crippen LogP contribution in [0, 0.1) is 5.92 Å². The largest absolute Gasteiger partial charge is 0.372 e. The van der Waals surface area contributed by atoms with E-state index in [-0.39, 0.29) is 5.91 Å². The molecule has 2 saturated heterocycles. The standard InChI is InChI=1S/C19H27N3O/c1-14-12-22(16-7-8-16)13-18(14)20-19(23)15-5-4-6-17(11-15)21-9-2-3-10-21/h4-6,11,14,16,18H,2-3,7-10,12-13H2,1H3,(H,20,23)/t14-,18-/m0/s1. The quantitative estimate of drug-likeness (QED) is 0.928. The van der Waals surface area contributed by atoms with Crippen LogP contribution in [-0.4, -0.2) is 49.1 Å². The number of anilines is 1. The van der Waals surface area contributed by atoms with Crippen molar-refractivity contribution in [3.8, 4) is 0 Å². The van der Waals surface area contributed by atoms with Gasteiger partial charge in [0.1, 0.15) is 0 Å². The topological polar surface area (TPSA) is 35.6 Å². The third-order valence-electron chi connectivity index (χ3n) is 5.60. The highest BCUT2D eigenvalue weighted by molar-refractivity contribution is 5.95. The summed E-state index contributed by atoms with van der Waals surface area (Å²) in [7, 11) is 0. The summed E-state index contributed by atoms with van der Waals surface area (Å²) in [6, 6.07) is 9.20. The summed E-state index contributed by atoms with van der Waals surface area (Å²) < 4.78 is 0. The van der Waals surface area contributed by atoms with Gasteiger partial charge in [0.25, 0.3) is 5.91 Å². The van der Waals surface area contributed by atoms with Crippen molar-refractivity contribution >= 4 is 11.6 Å². The maximum atomic E-state index is 12.7. The average molecular weight is 313 g/mol. The summed E-state index contributed by atoms with van der Waals surface area (Å²) in [6.07, 6.45) is 5.19. The molecule has 4 rings (SSSR count). The number of carbonyl (C=O) groups is 1. The Morgan fingerprint density at radius 1 is 1.17 bits per heavy atom. The van der Waals surface area contributed by atoms with Gasteiger partial charge in [-0.2, -0.15) is 0 Å². The summed E-state index contributed by atoms with van der Waals surface area (Å²) in [4.78, 5) is 17.6. The van der Waals surface area contributed by atoms with E-state index in [1.54, 1.807) is 0 Å². The van der Waals surface area contributed by atoms with Crippen molar-refractivity contribution in [3.63, 3.8) is 0 Å². The Bertz CT molecular complexity index is 578. The molecular formula is C19H27N3O. The Labute approximate surface area is 138 Å². The van der Waals surface area contributed by atoms with Gasteiger partial charge in [-0.15, -0.1) is 0 Å². The average Bonchev–Trinajstić information content (AvgIpc) is 3.14. The molecule has 3 aliphatic rings. The van der Waals surface area contributed by atoms with Crippen LogP contribution in [0.3, 0.4) is 0 Å². The second kappa shape index (κ2) is 6.16. The molecule has 0 aromatic heterocycles. The van der Waals surface area contributed by atoms with Crippen molar-refractivity contribution in [2.45, 2.75) is 44.7 Å². The molecule has 23 heavy (non-hydrogen) atoms. The monoisotopic (exact) mass is 313 g/mol. The SMILES string of the molecule is C[C@H]1CN(C2CC2)C[C@@H]1NC(=O)c1cccc(N2CCCC2)c1. The minimum atomic E-state index is 0.0838. The second-order valence-corrected chi connectivity index (χ2v) is 7.49. The zero-order valence-electron chi connectivity index (χ0n) is 14.0. The Hall–Kier alpha value is -1.55. The fraction of sp³-hybridized carbons (Fsp3) is 0.632. The first-order chi connectivity index (χ1) is 11.2. The van der Waals surface area contributed by atoms with Crippen LogP contribution >= 0.6 is 0 Å². The van der Waals surface area contributed by atoms with E-state index in [1.165, 1.54) is 31.4 Å². The number of carbonyl (C=O) groups excluding carboxylic acids is 1. The van der Waals surface area contributed by atoms with Gasteiger partial charge in [-0.1, -0.05) is 13.0 Å². The lowest BCUT2D eigenvalue weighted by molar-refractivity contribution is 0.0931. The Morgan fingerprint density at radius 3 is 2.70 bits per heavy atom. The van der Waals surface area contributed by atoms with E-state index in [0.29, 0.717) is 12.0 Å². The number of nitrogens with zero attached hydrogens (tertiary/aromatic N) is 2. The predicted molar refractivity (Wildman–Crippen MR) is 92.9 cm³/mol. The first kappa shape index (κ1) is 15.0. The fourth-order valence-electron chi connectivity index (χ4n) is 4.00. The van der Waals surface area contributed by atoms with Gasteiger partial charge in [-0.25, -0.2) is 0 Å². The van der Waals surface area contributed by atoms with Crippen molar-refractivity contribution in [2.24, 2.45) is 5.92 Å². The van der Waals surface area contributed by atoms with E-state index in [1.807, 2.05) is 12.1 Å². The molecule has 1 aromatic carbocycles. The molecule has 0 bridgehead atoms. The minimum absolute atomic E-state index is 0.0838. The maximum Gasteiger partial charge on any atom is 0.251 e. The van der Waals surface area contributed by atoms with Crippen LogP contribution in [0.1, 0.15) is 43.0 Å². The molecule has 2 atom stereocenters. The van der Waals surface area contributed by atoms with Crippen LogP contribution in [-0.2, 0) is 0 Å². The lowest BCUT2D eigenvalue weighted by Gasteiger charge is -2.20. The summed E-state index contributed by atoms with van der Waals surface area (Å²) >= 11 is 0. The molecule has 2 heterocycles. The molecule has 1 N–H and O–H groups in total. The number of rotatable bonds is 4. The first-order valence-corrected chi connectivity index (χ1v) is 9.10. The van der Waals surface area contributed by atoms with Gasteiger partial charge >= 0.3 is 0 Å². The minimum Gasteiger partial charge on any atom is -0.372 e. The summed E-state index contributed by atoms with van der Waals surface area (Å²) in [5.41, 5.74) is 1.99. The molecule has 4 heteroatoms. The number of hydrogen-bond donors (Lipinski definition) is 1. The van der Waals surface area contributed by atoms with Crippen molar-refractivity contribution in [1.82, 2.24) is 10.2 Å². The van der Waals surface area contributed by atoms with Crippen LogP contribution in [0.2, 0.25) is 0 Å². The number of likely N-dealkylation sites (tertiary alicyclic amines) is 1. The molecule has 1 amide bonds. The number of amides is 1. The Morgan fingerprint density at radius 2 is 1.96 bits per heavy atom. The van der Waals surface area contributed by atoms with E-state index < -0.39 is 0 Å². The second-order valence-electron chi connectivity index (χ2n) is 7.49. The van der Waals surface area contributed by atoms with Gasteiger partial charge in [-0.3, -0.25) is 9.69 Å². The zero-order valence-corrected chi connectivity index (χ0v) is 14.0. The van der Waals surface area contributed by atoms with Crippen molar-refractivity contribution < 1.29 is 4.79 Å². The molecule has 0 unspecified atom stereocenters. The Kier molecular flexibility index (Phi) is 4.02. The van der Waals surface area contributed by atoms with Gasteiger partial charge in [0.15, 0.2) is 0 Å². The van der Waals surface area contributed by atoms with Crippen molar-refractivity contribution in [1.29, 1.82) is 0 Å². The number of hydrogen-bond acceptors (Lipinski definition) is 3. The van der Waals surface area contributed by atoms with Gasteiger partial charge in [0.05, 0.1) is 0 Å². The molecule has 1 saturated carbocycles. The third kappa shape index (κ3) is 3.23. The summed E-state index contributed by atoms with van der Waals surface area (Å²) in [5.74, 6) is 0.627. The molecular weight excluding hydrogens is 286 g/mol. The van der Waals surface area contributed by atoms with Gasteiger partial charge in [0.2, 0.25) is 0 Å². The van der Waals surface area contributed by atoms with Crippen LogP contribution in [0.25, 0.3) is 0 Å². The highest BCUT2D eigenvalue weighted by Gasteiger charge is 2.38. The number of nitrogens with one attached hydrogen (secondary N) is 1. The van der Waals surface area contributed by atoms with Crippen LogP contribution < -0.4 is 10.2 Å². The van der Waals surface area contributed by atoms with E-state index in [4.69, 9.17) is 0 Å². The fourth-order valence-corrected chi connectivity index (χ4v) is 4.00. The number of benzene rings is 1. The molecule has 1 aromatic rings. The molecule has 0 spiro atoms. The van der Waals surface area contributed by atoms with E-state index in [2.05, 4.69) is 34.2 Å². The van der Waals surface area contributed by atoms with Crippen molar-refractivity contribution in [2.75, 3.05) is 31.1 Å². The molecule has 4 nitrogen and oxygen atoms in total. The van der Waals surface area contributed by atoms with Gasteiger partial charge in [-0.05, 0) is 49.8 Å². The Balaban J connectivity index is 1.41. The highest BCUT2D eigenvalue weighted by Crippen LogP contribution is 2.32. The molecule has 1 aliphatic carbocycles. The predicted octanol–water partition coefficient (Wildman–Crippen LogP) is 2.50. The summed E-state index contributed by atoms with van der Waals surface area (Å²) in [6.45, 7) is 6.63. The normalized spacial score (nSPS) is 28.3. The lowest BCUT2D eigenvalue weighted by Crippen LogP contribution is -2.40. The van der Waals surface area contributed by atoms with E-state index in [9.17, 15) is 4.79 Å². The van der Waals surface area contributed by atoms with Gasteiger partial charge in [0, 0.05) is 49.5 Å². The molecule has 124 valence electrons. The van der Waals surface area contributed by atoms with Crippen LogP contribution in [0.4, 0.5) is 5.69 Å². The molecule has 3 fully saturated rings. The van der Waals surface area contributed by atoms with Crippen LogP contribution in [0.5, 0.6) is 0 Å². The first-order valence-electron chi connectivity index (χ1n) is 9.10. The smallest absolute Gasteiger partial charge is 0.251 e. The third-order valence-corrected chi connectivity index (χ3v) is 5.60. The van der Waals surface area contributed by atoms with E-state index in [0.717, 1.165) is 37.8 Å². The highest BCUT2D eigenvalue weighted by atomic mass is 16.1. The maximum absolute atomic E-state index is 12.7. The lowest BCUT2D eigenvalue weighted by atomic mass is 10.1.